The van der Waals surface area contributed by atoms with Gasteiger partial charge in [-0.25, -0.2) is 9.52 Å². The van der Waals surface area contributed by atoms with E-state index in [-0.39, 0.29) is 12.1 Å². The predicted octanol–water partition coefficient (Wildman–Crippen LogP) is 0.310. The summed E-state index contributed by atoms with van der Waals surface area (Å²) in [6.07, 6.45) is 0.943. The summed E-state index contributed by atoms with van der Waals surface area (Å²) in [6.45, 7) is 5.61. The standard InChI is InChI=1S/C12H26N4O3S2/c1-4-20-10-5-11(2)14-12(17)15-6-8-16(9-7-15)21(18,19)13-3/h11,13H,4-10H2,1-3H3,(H,14,17). The minimum atomic E-state index is -3.39. The molecular weight excluding hydrogens is 312 g/mol. The van der Waals surface area contributed by atoms with Crippen LogP contribution in [0.2, 0.25) is 0 Å². The minimum Gasteiger partial charge on any atom is -0.336 e. The molecule has 1 unspecified atom stereocenters. The Bertz CT molecular complexity index is 422. The summed E-state index contributed by atoms with van der Waals surface area (Å²) in [5.41, 5.74) is 0. The van der Waals surface area contributed by atoms with Crippen molar-refractivity contribution in [3.8, 4) is 0 Å². The van der Waals surface area contributed by atoms with E-state index in [9.17, 15) is 13.2 Å². The van der Waals surface area contributed by atoms with Crippen molar-refractivity contribution in [2.75, 3.05) is 44.7 Å². The molecule has 0 aromatic carbocycles. The maximum Gasteiger partial charge on any atom is 0.317 e. The highest BCUT2D eigenvalue weighted by Gasteiger charge is 2.28. The van der Waals surface area contributed by atoms with Gasteiger partial charge in [-0.1, -0.05) is 6.92 Å². The predicted molar refractivity (Wildman–Crippen MR) is 86.7 cm³/mol. The lowest BCUT2D eigenvalue weighted by atomic mass is 10.2. The van der Waals surface area contributed by atoms with E-state index >= 15 is 0 Å². The largest absolute Gasteiger partial charge is 0.336 e. The molecule has 1 fully saturated rings. The van der Waals surface area contributed by atoms with Gasteiger partial charge in [-0.3, -0.25) is 0 Å². The van der Waals surface area contributed by atoms with Crippen molar-refractivity contribution >= 4 is 28.0 Å². The highest BCUT2D eigenvalue weighted by molar-refractivity contribution is 7.99. The molecule has 9 heteroatoms. The number of nitrogens with one attached hydrogen (secondary N) is 2. The van der Waals surface area contributed by atoms with E-state index in [0.29, 0.717) is 26.2 Å². The van der Waals surface area contributed by atoms with Crippen molar-refractivity contribution in [1.29, 1.82) is 0 Å². The lowest BCUT2D eigenvalue weighted by Gasteiger charge is -2.34. The zero-order chi connectivity index (χ0) is 15.9. The number of urea groups is 1. The molecule has 1 saturated heterocycles. The van der Waals surface area contributed by atoms with Crippen LogP contribution in [0.15, 0.2) is 0 Å². The maximum atomic E-state index is 12.1. The molecule has 0 saturated carbocycles. The fraction of sp³-hybridized carbons (Fsp3) is 0.917. The van der Waals surface area contributed by atoms with Crippen molar-refractivity contribution in [2.45, 2.75) is 26.3 Å². The highest BCUT2D eigenvalue weighted by atomic mass is 32.2. The summed E-state index contributed by atoms with van der Waals surface area (Å²) in [5.74, 6) is 2.12. The second-order valence-electron chi connectivity index (χ2n) is 4.93. The summed E-state index contributed by atoms with van der Waals surface area (Å²) in [5, 5.41) is 2.97. The van der Waals surface area contributed by atoms with Gasteiger partial charge in [0.2, 0.25) is 0 Å². The van der Waals surface area contributed by atoms with Gasteiger partial charge in [0.1, 0.15) is 0 Å². The molecule has 1 heterocycles. The van der Waals surface area contributed by atoms with E-state index in [1.807, 2.05) is 18.7 Å². The summed E-state index contributed by atoms with van der Waals surface area (Å²) < 4.78 is 26.9. The highest BCUT2D eigenvalue weighted by Crippen LogP contribution is 2.07. The minimum absolute atomic E-state index is 0.106. The first-order chi connectivity index (χ1) is 9.90. The third-order valence-corrected chi connectivity index (χ3v) is 5.89. The van der Waals surface area contributed by atoms with Gasteiger partial charge in [-0.15, -0.1) is 0 Å². The number of thioether (sulfide) groups is 1. The van der Waals surface area contributed by atoms with Gasteiger partial charge >= 0.3 is 6.03 Å². The first-order valence-corrected chi connectivity index (χ1v) is 9.82. The van der Waals surface area contributed by atoms with E-state index in [4.69, 9.17) is 0 Å². The molecule has 0 radical (unpaired) electrons. The maximum absolute atomic E-state index is 12.1. The molecule has 1 aliphatic rings. The fourth-order valence-corrected chi connectivity index (χ4v) is 3.75. The quantitative estimate of drug-likeness (QED) is 0.655. The van der Waals surface area contributed by atoms with E-state index in [1.165, 1.54) is 11.4 Å². The third kappa shape index (κ3) is 6.01. The second-order valence-corrected chi connectivity index (χ2v) is 8.20. The number of hydrogen-bond acceptors (Lipinski definition) is 4. The zero-order valence-corrected chi connectivity index (χ0v) is 14.6. The fourth-order valence-electron chi connectivity index (χ4n) is 2.04. The van der Waals surface area contributed by atoms with Crippen LogP contribution >= 0.6 is 11.8 Å². The Hall–Kier alpha value is -0.510. The monoisotopic (exact) mass is 338 g/mol. The van der Waals surface area contributed by atoms with Gasteiger partial charge in [0.25, 0.3) is 10.2 Å². The summed E-state index contributed by atoms with van der Waals surface area (Å²) >= 11 is 1.86. The second kappa shape index (κ2) is 8.82. The van der Waals surface area contributed by atoms with E-state index < -0.39 is 10.2 Å². The summed E-state index contributed by atoms with van der Waals surface area (Å²) in [6, 6.07) is 0.0288. The van der Waals surface area contributed by atoms with E-state index in [2.05, 4.69) is 17.0 Å². The molecule has 21 heavy (non-hydrogen) atoms. The first-order valence-electron chi connectivity index (χ1n) is 7.22. The van der Waals surface area contributed by atoms with Crippen molar-refractivity contribution in [3.63, 3.8) is 0 Å². The molecule has 1 rings (SSSR count). The molecule has 1 atom stereocenters. The number of carbonyl (C=O) groups is 1. The van der Waals surface area contributed by atoms with Gasteiger partial charge in [0, 0.05) is 39.3 Å². The van der Waals surface area contributed by atoms with Gasteiger partial charge in [-0.2, -0.15) is 24.5 Å². The van der Waals surface area contributed by atoms with Crippen LogP contribution < -0.4 is 10.0 Å². The average molecular weight is 338 g/mol. The van der Waals surface area contributed by atoms with Crippen LogP contribution in [0.5, 0.6) is 0 Å². The van der Waals surface area contributed by atoms with Crippen LogP contribution in [-0.4, -0.2) is 74.4 Å². The Morgan fingerprint density at radius 1 is 1.29 bits per heavy atom. The number of hydrogen-bond donors (Lipinski definition) is 2. The number of carbonyl (C=O) groups excluding carboxylic acids is 1. The molecule has 0 bridgehead atoms. The molecular formula is C12H26N4O3S2. The summed E-state index contributed by atoms with van der Waals surface area (Å²) in [7, 11) is -1.99. The van der Waals surface area contributed by atoms with Gasteiger partial charge in [-0.05, 0) is 24.9 Å². The zero-order valence-electron chi connectivity index (χ0n) is 13.0. The molecule has 124 valence electrons. The van der Waals surface area contributed by atoms with Crippen LogP contribution in [0.3, 0.4) is 0 Å². The Labute approximate surface area is 132 Å². The van der Waals surface area contributed by atoms with Gasteiger partial charge < -0.3 is 10.2 Å². The number of amides is 2. The van der Waals surface area contributed by atoms with Crippen LogP contribution in [-0.2, 0) is 10.2 Å². The lowest BCUT2D eigenvalue weighted by Crippen LogP contribution is -2.55. The van der Waals surface area contributed by atoms with Crippen LogP contribution in [0.4, 0.5) is 4.79 Å². The molecule has 0 aliphatic carbocycles. The molecule has 1 aliphatic heterocycles. The Morgan fingerprint density at radius 3 is 2.43 bits per heavy atom. The van der Waals surface area contributed by atoms with Crippen molar-refractivity contribution in [2.24, 2.45) is 0 Å². The van der Waals surface area contributed by atoms with Crippen molar-refractivity contribution < 1.29 is 13.2 Å². The smallest absolute Gasteiger partial charge is 0.317 e. The molecule has 2 amide bonds. The lowest BCUT2D eigenvalue weighted by molar-refractivity contribution is 0.169. The van der Waals surface area contributed by atoms with Gasteiger partial charge in [0.15, 0.2) is 0 Å². The Morgan fingerprint density at radius 2 is 1.90 bits per heavy atom. The Kier molecular flexibility index (Phi) is 7.78. The van der Waals surface area contributed by atoms with Crippen LogP contribution in [0.1, 0.15) is 20.3 Å². The third-order valence-electron chi connectivity index (χ3n) is 3.39. The average Bonchev–Trinajstić information content (AvgIpc) is 2.47. The van der Waals surface area contributed by atoms with Crippen LogP contribution in [0.25, 0.3) is 0 Å². The number of rotatable bonds is 7. The molecule has 0 aromatic rings. The Balaban J connectivity index is 2.35. The van der Waals surface area contributed by atoms with Gasteiger partial charge in [0.05, 0.1) is 0 Å². The molecule has 2 N–H and O–H groups in total. The molecule has 0 spiro atoms. The van der Waals surface area contributed by atoms with E-state index in [0.717, 1.165) is 17.9 Å². The van der Waals surface area contributed by atoms with Crippen molar-refractivity contribution in [3.05, 3.63) is 0 Å². The van der Waals surface area contributed by atoms with Crippen molar-refractivity contribution in [1.82, 2.24) is 19.2 Å². The summed E-state index contributed by atoms with van der Waals surface area (Å²) in [4.78, 5) is 13.8. The van der Waals surface area contributed by atoms with E-state index in [1.54, 1.807) is 4.90 Å². The number of piperazine rings is 1. The normalized spacial score (nSPS) is 18.5. The SMILES string of the molecule is CCSCCC(C)NC(=O)N1CCN(S(=O)(=O)NC)CC1. The number of nitrogens with zero attached hydrogens (tertiary/aromatic N) is 2. The first kappa shape index (κ1) is 18.5. The topological polar surface area (TPSA) is 81.8 Å². The molecule has 7 nitrogen and oxygen atoms in total. The molecule has 0 aromatic heterocycles. The van der Waals surface area contributed by atoms with Crippen LogP contribution in [0, 0.1) is 0 Å².